The summed E-state index contributed by atoms with van der Waals surface area (Å²) in [6.07, 6.45) is 4.89. The van der Waals surface area contributed by atoms with E-state index < -0.39 is 0 Å². The summed E-state index contributed by atoms with van der Waals surface area (Å²) in [7, 11) is 1.70. The fraction of sp³-hybridized carbons (Fsp3) is 0.857. The Morgan fingerprint density at radius 3 is 2.58 bits per heavy atom. The van der Waals surface area contributed by atoms with Gasteiger partial charge >= 0.3 is 0 Å². The van der Waals surface area contributed by atoms with Crippen LogP contribution in [0.15, 0.2) is 0 Å². The third-order valence-corrected chi connectivity index (χ3v) is 4.90. The molecule has 0 N–H and O–H groups in total. The van der Waals surface area contributed by atoms with Gasteiger partial charge in [-0.1, -0.05) is 0 Å². The van der Waals surface area contributed by atoms with Gasteiger partial charge in [-0.05, 0) is 39.0 Å². The van der Waals surface area contributed by atoms with Crippen molar-refractivity contribution < 1.29 is 14.3 Å². The van der Waals surface area contributed by atoms with Gasteiger partial charge in [0.05, 0.1) is 6.10 Å². The average Bonchev–Trinajstić information content (AvgIpc) is 2.38. The summed E-state index contributed by atoms with van der Waals surface area (Å²) in [6, 6.07) is -0.302. The molecule has 0 radical (unpaired) electrons. The number of rotatable bonds is 2. The van der Waals surface area contributed by atoms with Crippen LogP contribution in [0, 0.1) is 0 Å². The van der Waals surface area contributed by atoms with Gasteiger partial charge in [0, 0.05) is 19.7 Å². The molecule has 2 heterocycles. The lowest BCUT2D eigenvalue weighted by molar-refractivity contribution is -0.170. The smallest absolute Gasteiger partial charge is 0.246 e. The first-order valence-corrected chi connectivity index (χ1v) is 7.29. The second-order valence-electron chi connectivity index (χ2n) is 5.95. The Kier molecular flexibility index (Phi) is 3.25. The summed E-state index contributed by atoms with van der Waals surface area (Å²) in [5, 5.41) is 0. The predicted octanol–water partition coefficient (Wildman–Crippen LogP) is 0.776. The van der Waals surface area contributed by atoms with Gasteiger partial charge in [-0.15, -0.1) is 0 Å². The second-order valence-corrected chi connectivity index (χ2v) is 5.95. The van der Waals surface area contributed by atoms with E-state index in [1.165, 1.54) is 0 Å². The van der Waals surface area contributed by atoms with Gasteiger partial charge in [0.2, 0.25) is 11.8 Å². The zero-order chi connectivity index (χ0) is 13.6. The highest BCUT2D eigenvalue weighted by Gasteiger charge is 2.49. The molecular formula is C14H22N2O3. The number of carbonyl (C=O) groups excluding carboxylic acids is 2. The molecule has 106 valence electrons. The normalized spacial score (nSPS) is 39.1. The van der Waals surface area contributed by atoms with E-state index in [1.54, 1.807) is 12.0 Å². The molecule has 2 atom stereocenters. The van der Waals surface area contributed by atoms with Crippen LogP contribution in [-0.2, 0) is 14.3 Å². The first kappa shape index (κ1) is 12.9. The zero-order valence-electron chi connectivity index (χ0n) is 11.7. The minimum absolute atomic E-state index is 0.130. The van der Waals surface area contributed by atoms with Crippen LogP contribution in [0.1, 0.15) is 39.0 Å². The molecule has 0 aromatic rings. The van der Waals surface area contributed by atoms with Gasteiger partial charge in [0.25, 0.3) is 0 Å². The monoisotopic (exact) mass is 266 g/mol. The van der Waals surface area contributed by atoms with E-state index in [4.69, 9.17) is 4.74 Å². The van der Waals surface area contributed by atoms with Gasteiger partial charge in [0.1, 0.15) is 12.1 Å². The molecule has 5 heteroatoms. The molecule has 1 saturated carbocycles. The molecule has 2 aliphatic heterocycles. The summed E-state index contributed by atoms with van der Waals surface area (Å²) < 4.78 is 5.28. The van der Waals surface area contributed by atoms with E-state index in [0.717, 1.165) is 38.6 Å². The van der Waals surface area contributed by atoms with Crippen molar-refractivity contribution in [1.82, 2.24) is 9.80 Å². The van der Waals surface area contributed by atoms with Crippen LogP contribution in [0.2, 0.25) is 0 Å². The van der Waals surface area contributed by atoms with Crippen LogP contribution in [-0.4, -0.2) is 59.5 Å². The van der Waals surface area contributed by atoms with Gasteiger partial charge in [0.15, 0.2) is 0 Å². The number of piperazine rings is 1. The second kappa shape index (κ2) is 4.78. The minimum Gasteiger partial charge on any atom is -0.381 e. The lowest BCUT2D eigenvalue weighted by atomic mass is 9.84. The number of fused-ring (bicyclic) bond motifs is 1. The molecule has 0 spiro atoms. The van der Waals surface area contributed by atoms with Crippen molar-refractivity contribution in [2.45, 2.75) is 63.3 Å². The third kappa shape index (κ3) is 1.95. The van der Waals surface area contributed by atoms with E-state index in [2.05, 4.69) is 0 Å². The van der Waals surface area contributed by atoms with Crippen molar-refractivity contribution in [3.8, 4) is 0 Å². The van der Waals surface area contributed by atoms with Gasteiger partial charge in [-0.3, -0.25) is 9.59 Å². The number of methoxy groups -OCH3 is 1. The van der Waals surface area contributed by atoms with Gasteiger partial charge in [-0.2, -0.15) is 0 Å². The zero-order valence-corrected chi connectivity index (χ0v) is 11.7. The average molecular weight is 266 g/mol. The molecule has 19 heavy (non-hydrogen) atoms. The van der Waals surface area contributed by atoms with Crippen LogP contribution >= 0.6 is 0 Å². The van der Waals surface area contributed by atoms with Crippen molar-refractivity contribution in [3.05, 3.63) is 0 Å². The summed E-state index contributed by atoms with van der Waals surface area (Å²) >= 11 is 0. The topological polar surface area (TPSA) is 49.9 Å². The van der Waals surface area contributed by atoms with E-state index in [9.17, 15) is 9.59 Å². The van der Waals surface area contributed by atoms with Crippen molar-refractivity contribution in [3.63, 3.8) is 0 Å². The van der Waals surface area contributed by atoms with Crippen molar-refractivity contribution in [2.24, 2.45) is 0 Å². The molecule has 1 aliphatic carbocycles. The number of ether oxygens (including phenoxy) is 1. The molecule has 5 nitrogen and oxygen atoms in total. The molecule has 2 saturated heterocycles. The Bertz CT molecular complexity index is 392. The molecule has 3 aliphatic rings. The van der Waals surface area contributed by atoms with Gasteiger partial charge < -0.3 is 14.5 Å². The molecule has 3 rings (SSSR count). The maximum Gasteiger partial charge on any atom is 0.246 e. The Balaban J connectivity index is 1.77. The van der Waals surface area contributed by atoms with E-state index in [-0.39, 0.29) is 36.0 Å². The first-order chi connectivity index (χ1) is 9.13. The van der Waals surface area contributed by atoms with Crippen LogP contribution < -0.4 is 0 Å². The number of hydrogen-bond acceptors (Lipinski definition) is 3. The molecule has 0 aromatic heterocycles. The molecule has 2 unspecified atom stereocenters. The maximum atomic E-state index is 12.6. The summed E-state index contributed by atoms with van der Waals surface area (Å²) in [5.41, 5.74) is 0. The van der Waals surface area contributed by atoms with E-state index in [1.807, 2.05) is 11.8 Å². The predicted molar refractivity (Wildman–Crippen MR) is 69.5 cm³/mol. The minimum atomic E-state index is -0.301. The van der Waals surface area contributed by atoms with Crippen LogP contribution in [0.4, 0.5) is 0 Å². The van der Waals surface area contributed by atoms with Crippen molar-refractivity contribution >= 4 is 11.8 Å². The highest BCUT2D eigenvalue weighted by Crippen LogP contribution is 2.34. The molecule has 2 amide bonds. The highest BCUT2D eigenvalue weighted by molar-refractivity contribution is 5.97. The van der Waals surface area contributed by atoms with Crippen LogP contribution in [0.3, 0.4) is 0 Å². The number of amides is 2. The highest BCUT2D eigenvalue weighted by atomic mass is 16.5. The molecule has 3 fully saturated rings. The third-order valence-electron chi connectivity index (χ3n) is 4.90. The quantitative estimate of drug-likeness (QED) is 0.742. The van der Waals surface area contributed by atoms with Crippen LogP contribution in [0.25, 0.3) is 0 Å². The first-order valence-electron chi connectivity index (χ1n) is 7.29. The Labute approximate surface area is 113 Å². The van der Waals surface area contributed by atoms with Crippen LogP contribution in [0.5, 0.6) is 0 Å². The number of nitrogens with zero attached hydrogens (tertiary/aromatic N) is 2. The Hall–Kier alpha value is -1.10. The molecule has 0 bridgehead atoms. The Morgan fingerprint density at radius 2 is 1.89 bits per heavy atom. The van der Waals surface area contributed by atoms with Gasteiger partial charge in [-0.25, -0.2) is 0 Å². The number of hydrogen-bond donors (Lipinski definition) is 0. The summed E-state index contributed by atoms with van der Waals surface area (Å²) in [6.45, 7) is 2.62. The fourth-order valence-electron chi connectivity index (χ4n) is 3.63. The maximum absolute atomic E-state index is 12.6. The van der Waals surface area contributed by atoms with Crippen molar-refractivity contribution in [2.75, 3.05) is 13.7 Å². The van der Waals surface area contributed by atoms with E-state index in [0.29, 0.717) is 0 Å². The largest absolute Gasteiger partial charge is 0.381 e. The summed E-state index contributed by atoms with van der Waals surface area (Å²) in [4.78, 5) is 28.7. The Morgan fingerprint density at radius 1 is 1.16 bits per heavy atom. The lowest BCUT2D eigenvalue weighted by Crippen LogP contribution is -2.68. The molecule has 0 aromatic carbocycles. The number of carbonyl (C=O) groups is 2. The standard InChI is InChI=1S/C14H22N2O3/c1-9-13(17)15-6-4-3-5-12(15)14(18)16(9)10-7-11(8-10)19-2/h9-12H,3-8H2,1-2H3. The fourth-order valence-corrected chi connectivity index (χ4v) is 3.63. The number of piperidine rings is 1. The van der Waals surface area contributed by atoms with E-state index >= 15 is 0 Å². The summed E-state index contributed by atoms with van der Waals surface area (Å²) in [5.74, 6) is 0.288. The SMILES string of the molecule is COC1CC(N2C(=O)C3CCCCN3C(=O)C2C)C1. The molecular weight excluding hydrogens is 244 g/mol. The van der Waals surface area contributed by atoms with Crippen molar-refractivity contribution in [1.29, 1.82) is 0 Å². The lowest BCUT2D eigenvalue weighted by Gasteiger charge is -2.52.